The molecule has 0 radical (unpaired) electrons. The maximum Gasteiger partial charge on any atom is 0.326 e. The molecule has 2 aliphatic rings. The predicted molar refractivity (Wildman–Crippen MR) is 68.1 cm³/mol. The maximum atomic E-state index is 12.2. The summed E-state index contributed by atoms with van der Waals surface area (Å²) in [7, 11) is 0. The fraction of sp³-hybridized carbons (Fsp3) is 0.714. The van der Waals surface area contributed by atoms with Gasteiger partial charge in [-0.15, -0.1) is 6.58 Å². The van der Waals surface area contributed by atoms with Crippen LogP contribution in [0.5, 0.6) is 0 Å². The van der Waals surface area contributed by atoms with Crippen LogP contribution in [0.1, 0.15) is 44.9 Å². The van der Waals surface area contributed by atoms with Gasteiger partial charge in [-0.1, -0.05) is 18.9 Å². The number of carboxylic acid groups (broad SMARTS) is 1. The van der Waals surface area contributed by atoms with Gasteiger partial charge in [0.05, 0.1) is 0 Å². The molecular weight excluding hydrogens is 230 g/mol. The number of allylic oxidation sites excluding steroid dienone is 1. The molecule has 18 heavy (non-hydrogen) atoms. The molecule has 0 spiro atoms. The number of rotatable bonds is 4. The average molecular weight is 251 g/mol. The minimum absolute atomic E-state index is 0.0169. The van der Waals surface area contributed by atoms with Crippen molar-refractivity contribution in [1.29, 1.82) is 0 Å². The molecule has 1 amide bonds. The molecule has 3 atom stereocenters. The van der Waals surface area contributed by atoms with Gasteiger partial charge < -0.3 is 10.0 Å². The summed E-state index contributed by atoms with van der Waals surface area (Å²) in [4.78, 5) is 25.2. The van der Waals surface area contributed by atoms with E-state index in [9.17, 15) is 14.7 Å². The lowest BCUT2D eigenvalue weighted by Gasteiger charge is -2.33. The summed E-state index contributed by atoms with van der Waals surface area (Å²) in [5, 5.41) is 9.29. The van der Waals surface area contributed by atoms with Crippen LogP contribution in [0, 0.1) is 5.92 Å². The van der Waals surface area contributed by atoms with Crippen LogP contribution >= 0.6 is 0 Å². The van der Waals surface area contributed by atoms with Crippen molar-refractivity contribution in [1.82, 2.24) is 4.90 Å². The van der Waals surface area contributed by atoms with Crippen molar-refractivity contribution in [3.8, 4) is 0 Å². The van der Waals surface area contributed by atoms with E-state index >= 15 is 0 Å². The lowest BCUT2D eigenvalue weighted by atomic mass is 9.84. The van der Waals surface area contributed by atoms with Crippen molar-refractivity contribution in [2.24, 2.45) is 5.92 Å². The molecule has 0 bridgehead atoms. The fourth-order valence-electron chi connectivity index (χ4n) is 3.39. The van der Waals surface area contributed by atoms with Crippen LogP contribution in [0.4, 0.5) is 0 Å². The summed E-state index contributed by atoms with van der Waals surface area (Å²) in [5.41, 5.74) is 0. The number of likely N-dealkylation sites (tertiary alicyclic amines) is 1. The first-order valence-electron chi connectivity index (χ1n) is 6.80. The highest BCUT2D eigenvalue weighted by atomic mass is 16.4. The lowest BCUT2D eigenvalue weighted by Crippen LogP contribution is -2.46. The summed E-state index contributed by atoms with van der Waals surface area (Å²) in [6, 6.07) is -0.437. The highest BCUT2D eigenvalue weighted by Gasteiger charge is 2.46. The van der Waals surface area contributed by atoms with Crippen LogP contribution in [0.3, 0.4) is 0 Å². The maximum absolute atomic E-state index is 12.2. The van der Waals surface area contributed by atoms with E-state index in [0.717, 1.165) is 19.3 Å². The first kappa shape index (κ1) is 13.1. The normalized spacial score (nSPS) is 30.9. The Morgan fingerprint density at radius 2 is 2.06 bits per heavy atom. The largest absolute Gasteiger partial charge is 0.480 e. The molecule has 2 rings (SSSR count). The van der Waals surface area contributed by atoms with E-state index in [1.165, 1.54) is 6.42 Å². The van der Waals surface area contributed by atoms with E-state index in [-0.39, 0.29) is 11.9 Å². The molecule has 1 heterocycles. The van der Waals surface area contributed by atoms with Gasteiger partial charge in [-0.25, -0.2) is 4.79 Å². The molecule has 0 aromatic heterocycles. The topological polar surface area (TPSA) is 57.6 Å². The van der Waals surface area contributed by atoms with Crippen molar-refractivity contribution in [3.63, 3.8) is 0 Å². The second-order valence-electron chi connectivity index (χ2n) is 5.33. The van der Waals surface area contributed by atoms with Crippen LogP contribution < -0.4 is 0 Å². The smallest absolute Gasteiger partial charge is 0.326 e. The summed E-state index contributed by atoms with van der Waals surface area (Å²) < 4.78 is 0. The molecule has 4 heteroatoms. The van der Waals surface area contributed by atoms with Crippen molar-refractivity contribution in [3.05, 3.63) is 12.7 Å². The van der Waals surface area contributed by atoms with Gasteiger partial charge in [0.15, 0.2) is 0 Å². The molecule has 1 saturated carbocycles. The Morgan fingerprint density at radius 1 is 1.33 bits per heavy atom. The molecular formula is C14H21NO3. The molecule has 1 aliphatic heterocycles. The van der Waals surface area contributed by atoms with Gasteiger partial charge in [-0.2, -0.15) is 0 Å². The van der Waals surface area contributed by atoms with Crippen molar-refractivity contribution >= 4 is 11.9 Å². The Bertz CT molecular complexity index is 353. The summed E-state index contributed by atoms with van der Waals surface area (Å²) >= 11 is 0. The fourth-order valence-corrected chi connectivity index (χ4v) is 3.39. The molecule has 2 fully saturated rings. The van der Waals surface area contributed by atoms with Crippen LogP contribution in [0.25, 0.3) is 0 Å². The molecule has 1 saturated heterocycles. The third kappa shape index (κ3) is 2.42. The van der Waals surface area contributed by atoms with Crippen LogP contribution in [-0.4, -0.2) is 34.0 Å². The van der Waals surface area contributed by atoms with E-state index in [4.69, 9.17) is 0 Å². The third-order valence-electron chi connectivity index (χ3n) is 4.22. The van der Waals surface area contributed by atoms with Crippen LogP contribution in [0.15, 0.2) is 12.7 Å². The van der Waals surface area contributed by atoms with E-state index < -0.39 is 12.0 Å². The Balaban J connectivity index is 2.13. The Morgan fingerprint density at radius 3 is 2.72 bits per heavy atom. The van der Waals surface area contributed by atoms with Gasteiger partial charge in [0.25, 0.3) is 0 Å². The minimum Gasteiger partial charge on any atom is -0.480 e. The number of carbonyl (C=O) groups excluding carboxylic acids is 1. The highest BCUT2D eigenvalue weighted by molar-refractivity contribution is 5.84. The van der Waals surface area contributed by atoms with Crippen molar-refractivity contribution in [2.45, 2.75) is 57.0 Å². The number of hydrogen-bond acceptors (Lipinski definition) is 2. The number of aliphatic carboxylic acids is 1. The summed E-state index contributed by atoms with van der Waals surface area (Å²) in [6.07, 6.45) is 7.67. The zero-order valence-electron chi connectivity index (χ0n) is 10.7. The summed E-state index contributed by atoms with van der Waals surface area (Å²) in [5.74, 6) is -0.472. The van der Waals surface area contributed by atoms with Gasteiger partial charge in [0.2, 0.25) is 5.91 Å². The van der Waals surface area contributed by atoms with E-state index in [2.05, 4.69) is 6.58 Å². The standard InChI is InChI=1S/C14H21NO3/c1-2-3-8-13(16)15-11-7-5-4-6-10(11)9-12(15)14(17)18/h2,10-12H,1,3-9H2,(H,17,18)/t10-,11+,12-/m0/s1. The Labute approximate surface area is 108 Å². The number of amides is 1. The zero-order valence-corrected chi connectivity index (χ0v) is 10.7. The monoisotopic (exact) mass is 251 g/mol. The third-order valence-corrected chi connectivity index (χ3v) is 4.22. The molecule has 0 unspecified atom stereocenters. The Hall–Kier alpha value is -1.32. The average Bonchev–Trinajstić information content (AvgIpc) is 2.75. The van der Waals surface area contributed by atoms with Crippen LogP contribution in [0.2, 0.25) is 0 Å². The number of nitrogens with zero attached hydrogens (tertiary/aromatic N) is 1. The van der Waals surface area contributed by atoms with Gasteiger partial charge in [-0.3, -0.25) is 4.79 Å². The van der Waals surface area contributed by atoms with Crippen molar-refractivity contribution in [2.75, 3.05) is 0 Å². The Kier molecular flexibility index (Phi) is 4.04. The number of carboxylic acids is 1. The van der Waals surface area contributed by atoms with Crippen molar-refractivity contribution < 1.29 is 14.7 Å². The number of fused-ring (bicyclic) bond motifs is 1. The minimum atomic E-state index is -0.851. The SMILES string of the molecule is C=CCCC(=O)N1[C@@H]2CCCC[C@H]2C[C@H]1C(=O)O. The quantitative estimate of drug-likeness (QED) is 0.779. The van der Waals surface area contributed by atoms with Crippen LogP contribution in [-0.2, 0) is 9.59 Å². The molecule has 0 aromatic carbocycles. The molecule has 0 aromatic rings. The van der Waals surface area contributed by atoms with E-state index in [1.807, 2.05) is 0 Å². The molecule has 1 N–H and O–H groups in total. The number of carbonyl (C=O) groups is 2. The molecule has 100 valence electrons. The van der Waals surface area contributed by atoms with Gasteiger partial charge in [0, 0.05) is 12.5 Å². The summed E-state index contributed by atoms with van der Waals surface area (Å²) in [6.45, 7) is 3.61. The molecule has 1 aliphatic carbocycles. The number of hydrogen-bond donors (Lipinski definition) is 1. The first-order valence-corrected chi connectivity index (χ1v) is 6.80. The molecule has 4 nitrogen and oxygen atoms in total. The zero-order chi connectivity index (χ0) is 13.1. The second kappa shape index (κ2) is 5.55. The highest BCUT2D eigenvalue weighted by Crippen LogP contribution is 2.40. The second-order valence-corrected chi connectivity index (χ2v) is 5.33. The first-order chi connectivity index (χ1) is 8.65. The van der Waals surface area contributed by atoms with E-state index in [1.54, 1.807) is 11.0 Å². The van der Waals surface area contributed by atoms with Gasteiger partial charge >= 0.3 is 5.97 Å². The van der Waals surface area contributed by atoms with Gasteiger partial charge in [-0.05, 0) is 31.6 Å². The van der Waals surface area contributed by atoms with E-state index in [0.29, 0.717) is 25.2 Å². The lowest BCUT2D eigenvalue weighted by molar-refractivity contribution is -0.149. The predicted octanol–water partition coefficient (Wildman–Crippen LogP) is 2.20. The van der Waals surface area contributed by atoms with Gasteiger partial charge in [0.1, 0.15) is 6.04 Å².